The molecule has 0 aromatic rings. The minimum atomic E-state index is -0.120. The molecule has 3 heteroatoms. The highest BCUT2D eigenvalue weighted by molar-refractivity contribution is 5.71. The summed E-state index contributed by atoms with van der Waals surface area (Å²) in [5.74, 6) is -0.155. The molecule has 70 valence electrons. The Hall–Kier alpha value is -0.570. The molecule has 1 fully saturated rings. The summed E-state index contributed by atoms with van der Waals surface area (Å²) in [4.78, 5) is 11.1. The van der Waals surface area contributed by atoms with E-state index >= 15 is 0 Å². The molecule has 0 aromatic heterocycles. The van der Waals surface area contributed by atoms with Gasteiger partial charge in [0.05, 0.1) is 12.5 Å². The Morgan fingerprint density at radius 2 is 2.33 bits per heavy atom. The Labute approximate surface area is 73.0 Å². The normalized spacial score (nSPS) is 24.1. The highest BCUT2D eigenvalue weighted by atomic mass is 16.6. The Bertz CT molecular complexity index is 148. The van der Waals surface area contributed by atoms with Crippen LogP contribution in [-0.2, 0) is 14.3 Å². The number of carbonyl (C=O) groups excluding carboxylic acids is 1. The first-order chi connectivity index (χ1) is 5.70. The summed E-state index contributed by atoms with van der Waals surface area (Å²) in [7, 11) is 0. The van der Waals surface area contributed by atoms with E-state index < -0.39 is 0 Å². The maximum Gasteiger partial charge on any atom is 0.308 e. The molecule has 0 saturated carbocycles. The van der Waals surface area contributed by atoms with Gasteiger partial charge < -0.3 is 9.47 Å². The Balaban J connectivity index is 2.24. The van der Waals surface area contributed by atoms with E-state index in [1.54, 1.807) is 0 Å². The molecule has 0 aromatic carbocycles. The number of esters is 1. The monoisotopic (exact) mass is 172 g/mol. The van der Waals surface area contributed by atoms with Crippen LogP contribution >= 0.6 is 0 Å². The van der Waals surface area contributed by atoms with Crippen LogP contribution in [0.3, 0.4) is 0 Å². The summed E-state index contributed by atoms with van der Waals surface area (Å²) in [6.07, 6.45) is 1.93. The van der Waals surface area contributed by atoms with Gasteiger partial charge in [0.25, 0.3) is 0 Å². The molecule has 0 amide bonds. The van der Waals surface area contributed by atoms with Crippen molar-refractivity contribution in [2.75, 3.05) is 13.2 Å². The molecule has 1 unspecified atom stereocenters. The van der Waals surface area contributed by atoms with Gasteiger partial charge in [0.15, 0.2) is 0 Å². The second kappa shape index (κ2) is 4.45. The standard InChI is InChI=1S/C9H16O3/c1-7(2)9(10)12-8-4-3-5-11-6-8/h7-8H,3-6H2,1-2H3. The lowest BCUT2D eigenvalue weighted by Crippen LogP contribution is -2.29. The van der Waals surface area contributed by atoms with Crippen molar-refractivity contribution < 1.29 is 14.3 Å². The largest absolute Gasteiger partial charge is 0.460 e. The molecular formula is C9H16O3. The molecular weight excluding hydrogens is 156 g/mol. The molecule has 3 nitrogen and oxygen atoms in total. The van der Waals surface area contributed by atoms with Crippen LogP contribution < -0.4 is 0 Å². The fraction of sp³-hybridized carbons (Fsp3) is 0.889. The third-order valence-corrected chi connectivity index (χ3v) is 1.87. The minimum Gasteiger partial charge on any atom is -0.460 e. The zero-order valence-corrected chi connectivity index (χ0v) is 7.71. The van der Waals surface area contributed by atoms with Gasteiger partial charge in [-0.3, -0.25) is 4.79 Å². The smallest absolute Gasteiger partial charge is 0.308 e. The molecule has 0 bridgehead atoms. The van der Waals surface area contributed by atoms with Crippen molar-refractivity contribution in [2.45, 2.75) is 32.8 Å². The van der Waals surface area contributed by atoms with E-state index in [9.17, 15) is 4.79 Å². The molecule has 1 heterocycles. The second-order valence-electron chi connectivity index (χ2n) is 3.43. The van der Waals surface area contributed by atoms with Gasteiger partial charge in [-0.05, 0) is 12.8 Å². The van der Waals surface area contributed by atoms with E-state index in [1.807, 2.05) is 13.8 Å². The summed E-state index contributed by atoms with van der Waals surface area (Å²) in [5.41, 5.74) is 0. The fourth-order valence-electron chi connectivity index (χ4n) is 1.10. The van der Waals surface area contributed by atoms with Gasteiger partial charge >= 0.3 is 5.97 Å². The highest BCUT2D eigenvalue weighted by Crippen LogP contribution is 2.11. The summed E-state index contributed by atoms with van der Waals surface area (Å²) in [6.45, 7) is 5.05. The van der Waals surface area contributed by atoms with Crippen molar-refractivity contribution in [3.05, 3.63) is 0 Å². The van der Waals surface area contributed by atoms with E-state index in [0.29, 0.717) is 6.61 Å². The third kappa shape index (κ3) is 2.81. The molecule has 0 radical (unpaired) electrons. The molecule has 1 aliphatic rings. The average molecular weight is 172 g/mol. The molecule has 1 aliphatic heterocycles. The number of ether oxygens (including phenoxy) is 2. The Morgan fingerprint density at radius 3 is 2.83 bits per heavy atom. The van der Waals surface area contributed by atoms with Crippen molar-refractivity contribution in [1.82, 2.24) is 0 Å². The van der Waals surface area contributed by atoms with E-state index in [2.05, 4.69) is 0 Å². The predicted molar refractivity (Wildman–Crippen MR) is 44.8 cm³/mol. The van der Waals surface area contributed by atoms with Crippen LogP contribution in [0.25, 0.3) is 0 Å². The van der Waals surface area contributed by atoms with Crippen molar-refractivity contribution in [3.63, 3.8) is 0 Å². The van der Waals surface area contributed by atoms with Crippen LogP contribution in [0, 0.1) is 5.92 Å². The lowest BCUT2D eigenvalue weighted by atomic mass is 10.1. The van der Waals surface area contributed by atoms with Crippen LogP contribution in [0.4, 0.5) is 0 Å². The zero-order valence-electron chi connectivity index (χ0n) is 7.71. The van der Waals surface area contributed by atoms with Gasteiger partial charge in [-0.2, -0.15) is 0 Å². The first kappa shape index (κ1) is 9.52. The summed E-state index contributed by atoms with van der Waals surface area (Å²) in [5, 5.41) is 0. The van der Waals surface area contributed by atoms with Gasteiger partial charge in [0, 0.05) is 6.61 Å². The second-order valence-corrected chi connectivity index (χ2v) is 3.43. The fourth-order valence-corrected chi connectivity index (χ4v) is 1.10. The van der Waals surface area contributed by atoms with Crippen LogP contribution in [-0.4, -0.2) is 25.3 Å². The summed E-state index contributed by atoms with van der Waals surface area (Å²) >= 11 is 0. The van der Waals surface area contributed by atoms with Gasteiger partial charge in [-0.25, -0.2) is 0 Å². The topological polar surface area (TPSA) is 35.5 Å². The van der Waals surface area contributed by atoms with Gasteiger partial charge in [0.1, 0.15) is 6.10 Å². The lowest BCUT2D eigenvalue weighted by molar-refractivity contribution is -0.158. The molecule has 12 heavy (non-hydrogen) atoms. The molecule has 0 spiro atoms. The zero-order chi connectivity index (χ0) is 8.97. The quantitative estimate of drug-likeness (QED) is 0.590. The predicted octanol–water partition coefficient (Wildman–Crippen LogP) is 1.36. The van der Waals surface area contributed by atoms with Crippen molar-refractivity contribution in [3.8, 4) is 0 Å². The average Bonchev–Trinajstić information content (AvgIpc) is 2.06. The number of carbonyl (C=O) groups is 1. The number of rotatable bonds is 2. The molecule has 0 N–H and O–H groups in total. The number of hydrogen-bond donors (Lipinski definition) is 0. The first-order valence-corrected chi connectivity index (χ1v) is 4.48. The number of hydrogen-bond acceptors (Lipinski definition) is 3. The molecule has 1 saturated heterocycles. The van der Waals surface area contributed by atoms with E-state index in [4.69, 9.17) is 9.47 Å². The van der Waals surface area contributed by atoms with E-state index in [-0.39, 0.29) is 18.0 Å². The van der Waals surface area contributed by atoms with Crippen LogP contribution in [0.15, 0.2) is 0 Å². The molecule has 1 atom stereocenters. The summed E-state index contributed by atoms with van der Waals surface area (Å²) < 4.78 is 10.4. The molecule has 0 aliphatic carbocycles. The Kier molecular flexibility index (Phi) is 3.53. The van der Waals surface area contributed by atoms with Crippen LogP contribution in [0.1, 0.15) is 26.7 Å². The SMILES string of the molecule is CC(C)C(=O)OC1CCCOC1. The van der Waals surface area contributed by atoms with Gasteiger partial charge in [-0.1, -0.05) is 13.8 Å². The van der Waals surface area contributed by atoms with Crippen LogP contribution in [0.5, 0.6) is 0 Å². The van der Waals surface area contributed by atoms with Crippen molar-refractivity contribution in [2.24, 2.45) is 5.92 Å². The molecule has 1 rings (SSSR count). The lowest BCUT2D eigenvalue weighted by Gasteiger charge is -2.22. The van der Waals surface area contributed by atoms with Crippen LogP contribution in [0.2, 0.25) is 0 Å². The maximum atomic E-state index is 11.1. The van der Waals surface area contributed by atoms with Crippen molar-refractivity contribution in [1.29, 1.82) is 0 Å². The van der Waals surface area contributed by atoms with Gasteiger partial charge in [-0.15, -0.1) is 0 Å². The summed E-state index contributed by atoms with van der Waals surface area (Å²) in [6, 6.07) is 0. The minimum absolute atomic E-state index is 0.00588. The Morgan fingerprint density at radius 1 is 1.58 bits per heavy atom. The van der Waals surface area contributed by atoms with Crippen molar-refractivity contribution >= 4 is 5.97 Å². The maximum absolute atomic E-state index is 11.1. The first-order valence-electron chi connectivity index (χ1n) is 4.48. The highest BCUT2D eigenvalue weighted by Gasteiger charge is 2.19. The van der Waals surface area contributed by atoms with Gasteiger partial charge in [0.2, 0.25) is 0 Å². The van der Waals surface area contributed by atoms with E-state index in [0.717, 1.165) is 19.4 Å². The third-order valence-electron chi connectivity index (χ3n) is 1.87. The van der Waals surface area contributed by atoms with E-state index in [1.165, 1.54) is 0 Å².